The molecule has 4 heterocycles. The summed E-state index contributed by atoms with van der Waals surface area (Å²) in [5, 5.41) is 32.9. The minimum atomic E-state index is -0.536. The molecule has 0 bridgehead atoms. The van der Waals surface area contributed by atoms with Crippen molar-refractivity contribution in [3.8, 4) is 23.3 Å². The summed E-state index contributed by atoms with van der Waals surface area (Å²) in [6, 6.07) is 17.8. The summed E-state index contributed by atoms with van der Waals surface area (Å²) in [4.78, 5) is 12.8. The third-order valence-corrected chi connectivity index (χ3v) is 6.92. The van der Waals surface area contributed by atoms with Crippen LogP contribution in [0, 0.1) is 22.7 Å². The summed E-state index contributed by atoms with van der Waals surface area (Å²) in [5.41, 5.74) is 3.79. The predicted octanol–water partition coefficient (Wildman–Crippen LogP) is 3.92. The molecule has 3 aromatic heterocycles. The molecule has 1 saturated heterocycles. The van der Waals surface area contributed by atoms with Crippen molar-refractivity contribution in [1.29, 1.82) is 10.5 Å². The Morgan fingerprint density at radius 3 is 2.62 bits per heavy atom. The van der Waals surface area contributed by atoms with Crippen LogP contribution in [0.2, 0.25) is 0 Å². The number of rotatable bonds is 5. The van der Waals surface area contributed by atoms with Gasteiger partial charge in [-0.1, -0.05) is 12.1 Å². The maximum Gasteiger partial charge on any atom is 0.138 e. The van der Waals surface area contributed by atoms with Gasteiger partial charge in [-0.2, -0.15) is 10.5 Å². The van der Waals surface area contributed by atoms with Gasteiger partial charge in [-0.25, -0.2) is 14.3 Å². The monoisotopic (exact) mass is 467 g/mol. The molecule has 3 N–H and O–H groups in total. The SMILES string of the molecule is N#Cc1ccc(NC2CCN(Sc3ccc(-c4cnc5[nH]cc(C#N)c5c4)cc3)CC2O)nc1. The summed E-state index contributed by atoms with van der Waals surface area (Å²) in [7, 11) is 0. The highest BCUT2D eigenvalue weighted by atomic mass is 32.2. The van der Waals surface area contributed by atoms with E-state index in [1.54, 1.807) is 36.5 Å². The highest BCUT2D eigenvalue weighted by molar-refractivity contribution is 7.97. The number of pyridine rings is 2. The van der Waals surface area contributed by atoms with Gasteiger partial charge in [0.05, 0.1) is 23.3 Å². The Balaban J connectivity index is 1.20. The number of nitriles is 2. The zero-order chi connectivity index (χ0) is 23.5. The van der Waals surface area contributed by atoms with E-state index in [1.165, 1.54) is 6.20 Å². The number of hydrogen-bond acceptors (Lipinski definition) is 8. The fourth-order valence-corrected chi connectivity index (χ4v) is 4.98. The first-order valence-electron chi connectivity index (χ1n) is 10.8. The Hall–Kier alpha value is -3.89. The van der Waals surface area contributed by atoms with Crippen LogP contribution in [0.3, 0.4) is 0 Å². The molecule has 4 aromatic rings. The van der Waals surface area contributed by atoms with Gasteiger partial charge in [-0.15, -0.1) is 0 Å². The normalized spacial score (nSPS) is 18.3. The molecule has 9 heteroatoms. The third-order valence-electron chi connectivity index (χ3n) is 5.84. The van der Waals surface area contributed by atoms with Crippen molar-refractivity contribution in [2.24, 2.45) is 0 Å². The molecule has 0 saturated carbocycles. The van der Waals surface area contributed by atoms with Gasteiger partial charge < -0.3 is 15.4 Å². The average molecular weight is 468 g/mol. The molecule has 8 nitrogen and oxygen atoms in total. The molecule has 0 radical (unpaired) electrons. The summed E-state index contributed by atoms with van der Waals surface area (Å²) < 4.78 is 2.16. The van der Waals surface area contributed by atoms with Gasteiger partial charge in [0.15, 0.2) is 0 Å². The van der Waals surface area contributed by atoms with Crippen LogP contribution in [0.4, 0.5) is 5.82 Å². The zero-order valence-corrected chi connectivity index (χ0v) is 19.0. The lowest BCUT2D eigenvalue weighted by atomic mass is 10.0. The van der Waals surface area contributed by atoms with E-state index >= 15 is 0 Å². The van der Waals surface area contributed by atoms with Crippen LogP contribution in [0.15, 0.2) is 66.0 Å². The Morgan fingerprint density at radius 1 is 1.06 bits per heavy atom. The second-order valence-corrected chi connectivity index (χ2v) is 9.26. The van der Waals surface area contributed by atoms with Crippen molar-refractivity contribution in [2.45, 2.75) is 23.5 Å². The average Bonchev–Trinajstić information content (AvgIpc) is 3.29. The topological polar surface area (TPSA) is 125 Å². The van der Waals surface area contributed by atoms with E-state index in [1.807, 2.05) is 18.2 Å². The number of piperidine rings is 1. The summed E-state index contributed by atoms with van der Waals surface area (Å²) in [6.45, 7) is 1.35. The number of aliphatic hydroxyl groups is 1. The fraction of sp³-hybridized carbons (Fsp3) is 0.200. The summed E-state index contributed by atoms with van der Waals surface area (Å²) in [6.07, 6.45) is 5.25. The van der Waals surface area contributed by atoms with Crippen LogP contribution >= 0.6 is 11.9 Å². The van der Waals surface area contributed by atoms with E-state index in [-0.39, 0.29) is 6.04 Å². The molecule has 1 fully saturated rings. The van der Waals surface area contributed by atoms with Crippen molar-refractivity contribution in [2.75, 3.05) is 18.4 Å². The molecule has 2 atom stereocenters. The van der Waals surface area contributed by atoms with Gasteiger partial charge in [-0.05, 0) is 54.3 Å². The highest BCUT2D eigenvalue weighted by Gasteiger charge is 2.28. The molecule has 34 heavy (non-hydrogen) atoms. The second kappa shape index (κ2) is 9.54. The first kappa shape index (κ1) is 21.9. The number of H-pyrrole nitrogens is 1. The van der Waals surface area contributed by atoms with E-state index in [9.17, 15) is 10.4 Å². The number of fused-ring (bicyclic) bond motifs is 1. The summed E-state index contributed by atoms with van der Waals surface area (Å²) in [5.74, 6) is 0.661. The lowest BCUT2D eigenvalue weighted by molar-refractivity contribution is 0.0992. The van der Waals surface area contributed by atoms with Crippen molar-refractivity contribution in [3.05, 3.63) is 72.2 Å². The number of nitrogens with one attached hydrogen (secondary N) is 2. The lowest BCUT2D eigenvalue weighted by Crippen LogP contribution is -2.47. The second-order valence-electron chi connectivity index (χ2n) is 8.09. The number of nitrogens with zero attached hydrogens (tertiary/aromatic N) is 5. The number of aliphatic hydroxyl groups excluding tert-OH is 1. The van der Waals surface area contributed by atoms with E-state index in [2.05, 4.69) is 48.8 Å². The third kappa shape index (κ3) is 4.59. The van der Waals surface area contributed by atoms with Crippen LogP contribution in [-0.4, -0.2) is 49.6 Å². The fourth-order valence-electron chi connectivity index (χ4n) is 4.00. The zero-order valence-electron chi connectivity index (χ0n) is 18.1. The summed E-state index contributed by atoms with van der Waals surface area (Å²) >= 11 is 1.63. The highest BCUT2D eigenvalue weighted by Crippen LogP contribution is 2.30. The Morgan fingerprint density at radius 2 is 1.91 bits per heavy atom. The minimum Gasteiger partial charge on any atom is -0.390 e. The first-order valence-corrected chi connectivity index (χ1v) is 11.6. The van der Waals surface area contributed by atoms with Gasteiger partial charge in [0, 0.05) is 47.5 Å². The van der Waals surface area contributed by atoms with Crippen LogP contribution in [0.1, 0.15) is 17.5 Å². The lowest BCUT2D eigenvalue weighted by Gasteiger charge is -2.35. The number of β-amino-alcohol motifs (C(OH)–C–C–N with tert-alkyl or cyclic N) is 1. The van der Waals surface area contributed by atoms with Gasteiger partial charge in [-0.3, -0.25) is 0 Å². The Labute approximate surface area is 201 Å². The molecule has 1 aliphatic heterocycles. The Bertz CT molecular complexity index is 1390. The number of aromatic amines is 1. The van der Waals surface area contributed by atoms with Crippen LogP contribution in [-0.2, 0) is 0 Å². The van der Waals surface area contributed by atoms with Crippen LogP contribution in [0.25, 0.3) is 22.2 Å². The molecule has 5 rings (SSSR count). The quantitative estimate of drug-likeness (QED) is 0.377. The van der Waals surface area contributed by atoms with E-state index in [4.69, 9.17) is 5.26 Å². The number of hydrogen-bond donors (Lipinski definition) is 3. The minimum absolute atomic E-state index is 0.0891. The maximum atomic E-state index is 10.7. The van der Waals surface area contributed by atoms with E-state index in [0.717, 1.165) is 34.4 Å². The van der Waals surface area contributed by atoms with E-state index in [0.29, 0.717) is 29.1 Å². The first-order chi connectivity index (χ1) is 16.6. The molecule has 0 spiro atoms. The molecule has 1 aromatic carbocycles. The predicted molar refractivity (Wildman–Crippen MR) is 131 cm³/mol. The standard InChI is InChI=1S/C25H21N7OS/c26-10-16-1-6-24(28-12-16)31-22-7-8-32(15-23(22)33)34-20-4-2-17(3-5-20)18-9-21-19(11-27)14-30-25(21)29-13-18/h1-6,9,12-14,22-23,33H,7-8,15H2,(H,28,31)(H,29,30). The van der Waals surface area contributed by atoms with Gasteiger partial charge in [0.2, 0.25) is 0 Å². The maximum absolute atomic E-state index is 10.7. The largest absolute Gasteiger partial charge is 0.390 e. The molecule has 0 amide bonds. The molecule has 2 unspecified atom stereocenters. The Kier molecular flexibility index (Phi) is 6.15. The van der Waals surface area contributed by atoms with Crippen molar-refractivity contribution in [3.63, 3.8) is 0 Å². The number of anilines is 1. The van der Waals surface area contributed by atoms with Crippen molar-refractivity contribution < 1.29 is 5.11 Å². The molecule has 168 valence electrons. The van der Waals surface area contributed by atoms with Crippen molar-refractivity contribution in [1.82, 2.24) is 19.3 Å². The van der Waals surface area contributed by atoms with Crippen LogP contribution in [0.5, 0.6) is 0 Å². The van der Waals surface area contributed by atoms with Crippen molar-refractivity contribution >= 4 is 28.8 Å². The smallest absolute Gasteiger partial charge is 0.138 e. The molecule has 1 aliphatic rings. The number of benzene rings is 1. The van der Waals surface area contributed by atoms with Crippen LogP contribution < -0.4 is 5.32 Å². The van der Waals surface area contributed by atoms with Gasteiger partial charge in [0.25, 0.3) is 0 Å². The molecular weight excluding hydrogens is 446 g/mol. The van der Waals surface area contributed by atoms with Gasteiger partial charge in [0.1, 0.15) is 23.6 Å². The number of aromatic nitrogens is 3. The van der Waals surface area contributed by atoms with E-state index < -0.39 is 6.10 Å². The molecule has 0 aliphatic carbocycles. The van der Waals surface area contributed by atoms with Gasteiger partial charge >= 0.3 is 0 Å². The molecular formula is C25H21N7OS.